The Morgan fingerprint density at radius 2 is 2.10 bits per heavy atom. The van der Waals surface area contributed by atoms with Gasteiger partial charge in [-0.2, -0.15) is 0 Å². The van der Waals surface area contributed by atoms with Crippen LogP contribution in [0.25, 0.3) is 10.6 Å². The van der Waals surface area contributed by atoms with Crippen molar-refractivity contribution in [2.75, 3.05) is 18.4 Å². The molecule has 2 aromatic heterocycles. The highest BCUT2D eigenvalue weighted by atomic mass is 35.5. The molecule has 0 bridgehead atoms. The van der Waals surface area contributed by atoms with Crippen molar-refractivity contribution in [3.8, 4) is 16.4 Å². The highest BCUT2D eigenvalue weighted by Gasteiger charge is 2.20. The number of carbonyl (C=O) groups is 1. The van der Waals surface area contributed by atoms with E-state index in [0.717, 1.165) is 36.5 Å². The number of rotatable bonds is 6. The van der Waals surface area contributed by atoms with Crippen molar-refractivity contribution in [3.63, 3.8) is 0 Å². The first-order chi connectivity index (χ1) is 13.7. The first kappa shape index (κ1) is 21.6. The Morgan fingerprint density at radius 1 is 1.28 bits per heavy atom. The molecule has 0 spiro atoms. The molecule has 1 aliphatic rings. The number of hydrogen-bond acceptors (Lipinski definition) is 6. The number of ether oxygens (including phenoxy) is 1. The van der Waals surface area contributed by atoms with E-state index >= 15 is 0 Å². The van der Waals surface area contributed by atoms with Gasteiger partial charge in [-0.1, -0.05) is 22.8 Å². The van der Waals surface area contributed by atoms with Crippen LogP contribution in [0.5, 0.6) is 5.75 Å². The molecule has 1 fully saturated rings. The molecule has 0 radical (unpaired) electrons. The van der Waals surface area contributed by atoms with Crippen molar-refractivity contribution >= 4 is 46.9 Å². The number of halogens is 2. The van der Waals surface area contributed by atoms with Gasteiger partial charge in [0.1, 0.15) is 18.1 Å². The quantitative estimate of drug-likeness (QED) is 0.549. The lowest BCUT2D eigenvalue weighted by atomic mass is 9.97. The number of amides is 1. The number of piperidine rings is 1. The smallest absolute Gasteiger partial charge is 0.227 e. The maximum atomic E-state index is 12.4. The molecule has 9 heteroatoms. The van der Waals surface area contributed by atoms with Crippen molar-refractivity contribution in [2.24, 2.45) is 5.92 Å². The van der Waals surface area contributed by atoms with Crippen LogP contribution in [0.15, 0.2) is 47.0 Å². The molecule has 0 unspecified atom stereocenters. The highest BCUT2D eigenvalue weighted by molar-refractivity contribution is 7.19. The zero-order valence-corrected chi connectivity index (χ0v) is 17.9. The third-order valence-electron chi connectivity index (χ3n) is 4.57. The summed E-state index contributed by atoms with van der Waals surface area (Å²) in [7, 11) is 0. The largest absolute Gasteiger partial charge is 0.487 e. The van der Waals surface area contributed by atoms with E-state index in [0.29, 0.717) is 21.5 Å². The standard InChI is InChI=1S/C20H20ClN3O3S.ClH/c21-19-5-4-18(28-19)17-11-15(24-27-17)12-26-16-3-1-2-14(10-16)23-20(25)13-6-8-22-9-7-13;/h1-5,10-11,13,22H,6-9,12H2,(H,23,25);1H. The SMILES string of the molecule is Cl.O=C(Nc1cccc(OCc2cc(-c3ccc(Cl)s3)on2)c1)C1CCNCC1. The summed E-state index contributed by atoms with van der Waals surface area (Å²) in [5, 5.41) is 10.3. The van der Waals surface area contributed by atoms with Crippen molar-refractivity contribution < 1.29 is 14.1 Å². The fraction of sp³-hybridized carbons (Fsp3) is 0.300. The highest BCUT2D eigenvalue weighted by Crippen LogP contribution is 2.31. The van der Waals surface area contributed by atoms with Gasteiger partial charge in [0.25, 0.3) is 0 Å². The lowest BCUT2D eigenvalue weighted by Gasteiger charge is -2.21. The Kier molecular flexibility index (Phi) is 7.55. The van der Waals surface area contributed by atoms with Crippen molar-refractivity contribution in [1.29, 1.82) is 0 Å². The molecular weight excluding hydrogens is 433 g/mol. The van der Waals surface area contributed by atoms with Gasteiger partial charge in [0.15, 0.2) is 5.76 Å². The zero-order chi connectivity index (χ0) is 19.3. The summed E-state index contributed by atoms with van der Waals surface area (Å²) < 4.78 is 11.9. The van der Waals surface area contributed by atoms with Gasteiger partial charge in [-0.25, -0.2) is 0 Å². The van der Waals surface area contributed by atoms with E-state index in [9.17, 15) is 4.79 Å². The van der Waals surface area contributed by atoms with Gasteiger partial charge in [-0.3, -0.25) is 4.79 Å². The summed E-state index contributed by atoms with van der Waals surface area (Å²) in [5.41, 5.74) is 1.42. The Labute approximate surface area is 184 Å². The number of thiophene rings is 1. The fourth-order valence-electron chi connectivity index (χ4n) is 3.09. The number of aromatic nitrogens is 1. The predicted molar refractivity (Wildman–Crippen MR) is 117 cm³/mol. The number of anilines is 1. The lowest BCUT2D eigenvalue weighted by Crippen LogP contribution is -2.34. The molecule has 0 aliphatic carbocycles. The van der Waals surface area contributed by atoms with Crippen LogP contribution in [-0.4, -0.2) is 24.2 Å². The van der Waals surface area contributed by atoms with Crippen LogP contribution < -0.4 is 15.4 Å². The number of benzene rings is 1. The molecule has 154 valence electrons. The summed E-state index contributed by atoms with van der Waals surface area (Å²) in [6.45, 7) is 2.05. The second-order valence-electron chi connectivity index (χ2n) is 6.62. The van der Waals surface area contributed by atoms with E-state index in [2.05, 4.69) is 15.8 Å². The molecule has 2 N–H and O–H groups in total. The maximum Gasteiger partial charge on any atom is 0.227 e. The summed E-state index contributed by atoms with van der Waals surface area (Å²) >= 11 is 7.39. The normalized spacial score (nSPS) is 14.2. The molecule has 1 aliphatic heterocycles. The van der Waals surface area contributed by atoms with Crippen LogP contribution in [0.1, 0.15) is 18.5 Å². The van der Waals surface area contributed by atoms with E-state index < -0.39 is 0 Å². The van der Waals surface area contributed by atoms with Crippen LogP contribution in [0.3, 0.4) is 0 Å². The van der Waals surface area contributed by atoms with Crippen molar-refractivity contribution in [2.45, 2.75) is 19.4 Å². The molecule has 3 aromatic rings. The van der Waals surface area contributed by atoms with Gasteiger partial charge in [0, 0.05) is 23.7 Å². The second-order valence-corrected chi connectivity index (χ2v) is 8.33. The molecule has 1 aromatic carbocycles. The third kappa shape index (κ3) is 5.73. The summed E-state index contributed by atoms with van der Waals surface area (Å²) in [6, 6.07) is 12.9. The molecule has 1 amide bonds. The van der Waals surface area contributed by atoms with Crippen LogP contribution in [-0.2, 0) is 11.4 Å². The van der Waals surface area contributed by atoms with E-state index in [1.165, 1.54) is 11.3 Å². The molecule has 6 nitrogen and oxygen atoms in total. The molecule has 29 heavy (non-hydrogen) atoms. The Balaban J connectivity index is 0.00000240. The molecule has 3 heterocycles. The lowest BCUT2D eigenvalue weighted by molar-refractivity contribution is -0.120. The van der Waals surface area contributed by atoms with Crippen LogP contribution in [0.2, 0.25) is 4.34 Å². The van der Waals surface area contributed by atoms with Crippen LogP contribution in [0, 0.1) is 5.92 Å². The van der Waals surface area contributed by atoms with Gasteiger partial charge in [0.05, 0.1) is 9.21 Å². The number of carbonyl (C=O) groups excluding carboxylic acids is 1. The van der Waals surface area contributed by atoms with Crippen molar-refractivity contribution in [1.82, 2.24) is 10.5 Å². The first-order valence-corrected chi connectivity index (χ1v) is 10.3. The number of nitrogens with one attached hydrogen (secondary N) is 2. The van der Waals surface area contributed by atoms with E-state index in [-0.39, 0.29) is 30.8 Å². The minimum atomic E-state index is 0. The zero-order valence-electron chi connectivity index (χ0n) is 15.5. The second kappa shape index (κ2) is 10.1. The summed E-state index contributed by atoms with van der Waals surface area (Å²) in [6.07, 6.45) is 1.73. The van der Waals surface area contributed by atoms with Crippen LogP contribution >= 0.6 is 35.3 Å². The maximum absolute atomic E-state index is 12.4. The first-order valence-electron chi connectivity index (χ1n) is 9.13. The van der Waals surface area contributed by atoms with E-state index in [1.54, 1.807) is 0 Å². The predicted octanol–water partition coefficient (Wildman–Crippen LogP) is 5.00. The molecule has 1 saturated heterocycles. The van der Waals surface area contributed by atoms with Crippen LogP contribution in [0.4, 0.5) is 5.69 Å². The van der Waals surface area contributed by atoms with Gasteiger partial charge in [0.2, 0.25) is 5.91 Å². The average molecular weight is 454 g/mol. The van der Waals surface area contributed by atoms with Gasteiger partial charge >= 0.3 is 0 Å². The number of hydrogen-bond donors (Lipinski definition) is 2. The minimum Gasteiger partial charge on any atom is -0.487 e. The topological polar surface area (TPSA) is 76.4 Å². The third-order valence-corrected chi connectivity index (χ3v) is 5.82. The fourth-order valence-corrected chi connectivity index (χ4v) is 4.08. The Hall–Kier alpha value is -2.06. The monoisotopic (exact) mass is 453 g/mol. The molecule has 4 rings (SSSR count). The van der Waals surface area contributed by atoms with E-state index in [4.69, 9.17) is 20.9 Å². The molecule has 0 saturated carbocycles. The minimum absolute atomic E-state index is 0. The number of nitrogens with zero attached hydrogens (tertiary/aromatic N) is 1. The average Bonchev–Trinajstić information content (AvgIpc) is 3.36. The molecule has 0 atom stereocenters. The summed E-state index contributed by atoms with van der Waals surface area (Å²) in [4.78, 5) is 13.3. The van der Waals surface area contributed by atoms with Gasteiger partial charge in [-0.05, 0) is 50.2 Å². The summed E-state index contributed by atoms with van der Waals surface area (Å²) in [5.74, 6) is 1.45. The van der Waals surface area contributed by atoms with Gasteiger partial charge < -0.3 is 19.9 Å². The molecular formula is C20H21Cl2N3O3S. The van der Waals surface area contributed by atoms with Crippen molar-refractivity contribution in [3.05, 3.63) is 52.5 Å². The van der Waals surface area contributed by atoms with E-state index in [1.807, 2.05) is 42.5 Å². The Morgan fingerprint density at radius 3 is 2.86 bits per heavy atom. The Bertz CT molecular complexity index is 954. The van der Waals surface area contributed by atoms with Gasteiger partial charge in [-0.15, -0.1) is 23.7 Å².